The van der Waals surface area contributed by atoms with Crippen molar-refractivity contribution >= 4 is 44.7 Å². The maximum absolute atomic E-state index is 12.6. The van der Waals surface area contributed by atoms with Crippen LogP contribution < -0.4 is 9.64 Å². The van der Waals surface area contributed by atoms with E-state index in [0.29, 0.717) is 10.2 Å². The topological polar surface area (TPSA) is 21.7 Å². The fourth-order valence-electron chi connectivity index (χ4n) is 2.71. The van der Waals surface area contributed by atoms with Gasteiger partial charge in [0.15, 0.2) is 0 Å². The molecule has 0 saturated heterocycles. The van der Waals surface area contributed by atoms with Crippen LogP contribution in [0.4, 0.5) is 24.5 Å². The second-order valence-corrected chi connectivity index (χ2v) is 7.19. The maximum atomic E-state index is 12.6. The van der Waals surface area contributed by atoms with E-state index in [1.165, 1.54) is 12.1 Å². The first-order valence-corrected chi connectivity index (χ1v) is 8.46. The van der Waals surface area contributed by atoms with Crippen molar-refractivity contribution in [3.63, 3.8) is 0 Å². The molecule has 1 aliphatic heterocycles. The molecular formula is C17H13BrF3NO2S. The number of hydrogen-bond donors (Lipinski definition) is 0. The van der Waals surface area contributed by atoms with Crippen LogP contribution in [0.5, 0.6) is 5.75 Å². The molecule has 1 heterocycles. The third kappa shape index (κ3) is 3.74. The zero-order chi connectivity index (χ0) is 18.4. The predicted molar refractivity (Wildman–Crippen MR) is 96.1 cm³/mol. The fraction of sp³-hybridized carbons (Fsp3) is 0.235. The summed E-state index contributed by atoms with van der Waals surface area (Å²) < 4.78 is 48.0. The summed E-state index contributed by atoms with van der Waals surface area (Å²) in [7, 11) is 0. The molecule has 2 aromatic carbocycles. The van der Waals surface area contributed by atoms with Crippen molar-refractivity contribution in [2.24, 2.45) is 0 Å². The van der Waals surface area contributed by atoms with Gasteiger partial charge >= 0.3 is 6.36 Å². The molecule has 0 aliphatic carbocycles. The Morgan fingerprint density at radius 3 is 2.52 bits per heavy atom. The van der Waals surface area contributed by atoms with Crippen LogP contribution in [0, 0.1) is 0 Å². The summed E-state index contributed by atoms with van der Waals surface area (Å²) in [6.45, 7) is 3.77. The highest BCUT2D eigenvalue weighted by atomic mass is 79.9. The van der Waals surface area contributed by atoms with E-state index in [1.54, 1.807) is 11.0 Å². The highest BCUT2D eigenvalue weighted by Gasteiger charge is 2.37. The average Bonchev–Trinajstić information content (AvgIpc) is 2.44. The van der Waals surface area contributed by atoms with Crippen molar-refractivity contribution in [3.05, 3.63) is 52.5 Å². The lowest BCUT2D eigenvalue weighted by atomic mass is 9.94. The number of rotatable bonds is 2. The number of ether oxygens (including phenoxy) is 2. The van der Waals surface area contributed by atoms with Gasteiger partial charge in [0.1, 0.15) is 11.4 Å². The molecule has 0 bridgehead atoms. The molecule has 0 atom stereocenters. The summed E-state index contributed by atoms with van der Waals surface area (Å²) >= 11 is 8.57. The number of para-hydroxylation sites is 1. The van der Waals surface area contributed by atoms with Gasteiger partial charge < -0.3 is 9.47 Å². The monoisotopic (exact) mass is 431 g/mol. The van der Waals surface area contributed by atoms with Crippen molar-refractivity contribution in [2.75, 3.05) is 4.90 Å². The summed E-state index contributed by atoms with van der Waals surface area (Å²) in [4.78, 5) is 1.59. The summed E-state index contributed by atoms with van der Waals surface area (Å²) in [6.07, 6.45) is -4.78. The number of nitrogens with zero attached hydrogens (tertiary/aromatic N) is 1. The molecule has 2 aromatic rings. The van der Waals surface area contributed by atoms with E-state index in [1.807, 2.05) is 38.1 Å². The SMILES string of the molecule is CC1(C)OC(=S)N(c2cc(Br)cc(OC(F)(F)F)c2)c2ccccc21. The van der Waals surface area contributed by atoms with Gasteiger partial charge in [-0.15, -0.1) is 13.2 Å². The Morgan fingerprint density at radius 1 is 1.16 bits per heavy atom. The van der Waals surface area contributed by atoms with Crippen LogP contribution in [-0.2, 0) is 10.3 Å². The smallest absolute Gasteiger partial charge is 0.459 e. The molecule has 25 heavy (non-hydrogen) atoms. The first-order chi connectivity index (χ1) is 11.6. The van der Waals surface area contributed by atoms with Gasteiger partial charge in [-0.25, -0.2) is 0 Å². The molecule has 0 amide bonds. The highest BCUT2D eigenvalue weighted by Crippen LogP contribution is 2.43. The fourth-order valence-corrected chi connectivity index (χ4v) is 3.58. The number of benzene rings is 2. The zero-order valence-electron chi connectivity index (χ0n) is 13.2. The average molecular weight is 432 g/mol. The van der Waals surface area contributed by atoms with Crippen molar-refractivity contribution in [2.45, 2.75) is 25.8 Å². The van der Waals surface area contributed by atoms with Crippen LogP contribution in [0.3, 0.4) is 0 Å². The largest absolute Gasteiger partial charge is 0.573 e. The number of fused-ring (bicyclic) bond motifs is 1. The molecule has 0 spiro atoms. The maximum Gasteiger partial charge on any atom is 0.573 e. The zero-order valence-corrected chi connectivity index (χ0v) is 15.6. The van der Waals surface area contributed by atoms with E-state index < -0.39 is 12.0 Å². The lowest BCUT2D eigenvalue weighted by molar-refractivity contribution is -0.274. The Kier molecular flexibility index (Phi) is 4.45. The van der Waals surface area contributed by atoms with Crippen LogP contribution in [0.15, 0.2) is 46.9 Å². The van der Waals surface area contributed by atoms with Crippen LogP contribution >= 0.6 is 28.1 Å². The second-order valence-electron chi connectivity index (χ2n) is 5.92. The molecule has 8 heteroatoms. The van der Waals surface area contributed by atoms with E-state index in [0.717, 1.165) is 11.3 Å². The Morgan fingerprint density at radius 2 is 1.84 bits per heavy atom. The molecule has 1 aliphatic rings. The Balaban J connectivity index is 2.11. The van der Waals surface area contributed by atoms with E-state index in [9.17, 15) is 13.2 Å². The number of thiocarbonyl (C=S) groups is 1. The normalized spacial score (nSPS) is 16.2. The van der Waals surface area contributed by atoms with E-state index >= 15 is 0 Å². The van der Waals surface area contributed by atoms with Crippen molar-refractivity contribution in [3.8, 4) is 5.75 Å². The molecule has 0 fully saturated rings. The van der Waals surface area contributed by atoms with Crippen molar-refractivity contribution < 1.29 is 22.6 Å². The van der Waals surface area contributed by atoms with Crippen molar-refractivity contribution in [1.29, 1.82) is 0 Å². The molecule has 0 radical (unpaired) electrons. The number of halogens is 4. The first-order valence-electron chi connectivity index (χ1n) is 7.26. The Bertz CT molecular complexity index is 839. The highest BCUT2D eigenvalue weighted by molar-refractivity contribution is 9.10. The third-order valence-electron chi connectivity index (χ3n) is 3.67. The van der Waals surface area contributed by atoms with Gasteiger partial charge in [-0.1, -0.05) is 34.1 Å². The minimum absolute atomic E-state index is 0.153. The standard InChI is InChI=1S/C17H13BrF3NO2S/c1-16(2)13-5-3-4-6-14(13)22(15(25)24-16)11-7-10(18)8-12(9-11)23-17(19,20)21/h3-9H,1-2H3. The minimum atomic E-state index is -4.78. The van der Waals surface area contributed by atoms with Crippen molar-refractivity contribution in [1.82, 2.24) is 0 Å². The van der Waals surface area contributed by atoms with E-state index in [-0.39, 0.29) is 10.9 Å². The van der Waals surface area contributed by atoms with Gasteiger partial charge in [-0.3, -0.25) is 4.90 Å². The first kappa shape index (κ1) is 18.0. The van der Waals surface area contributed by atoms with E-state index in [4.69, 9.17) is 17.0 Å². The van der Waals surface area contributed by atoms with Gasteiger partial charge in [0, 0.05) is 16.1 Å². The summed E-state index contributed by atoms with van der Waals surface area (Å²) in [6, 6.07) is 11.6. The van der Waals surface area contributed by atoms with Gasteiger partial charge in [0.2, 0.25) is 0 Å². The quantitative estimate of drug-likeness (QED) is 0.540. The van der Waals surface area contributed by atoms with Crippen LogP contribution in [0.25, 0.3) is 0 Å². The summed E-state index contributed by atoms with van der Waals surface area (Å²) in [5.41, 5.74) is 1.39. The summed E-state index contributed by atoms with van der Waals surface area (Å²) in [5, 5.41) is 0.153. The molecule has 3 rings (SSSR count). The molecule has 0 unspecified atom stereocenters. The lowest BCUT2D eigenvalue weighted by Gasteiger charge is -2.40. The van der Waals surface area contributed by atoms with Gasteiger partial charge in [-0.2, -0.15) is 0 Å². The van der Waals surface area contributed by atoms with Crippen LogP contribution in [-0.4, -0.2) is 11.5 Å². The minimum Gasteiger partial charge on any atom is -0.459 e. The molecule has 0 aromatic heterocycles. The van der Waals surface area contributed by atoms with Gasteiger partial charge in [-0.05, 0) is 44.3 Å². The Hall–Kier alpha value is -1.80. The number of anilines is 2. The summed E-state index contributed by atoms with van der Waals surface area (Å²) in [5.74, 6) is -0.345. The molecule has 3 nitrogen and oxygen atoms in total. The lowest BCUT2D eigenvalue weighted by Crippen LogP contribution is -2.40. The van der Waals surface area contributed by atoms with E-state index in [2.05, 4.69) is 20.7 Å². The molecular weight excluding hydrogens is 419 g/mol. The van der Waals surface area contributed by atoms with Crippen LogP contribution in [0.1, 0.15) is 19.4 Å². The van der Waals surface area contributed by atoms with Crippen LogP contribution in [0.2, 0.25) is 0 Å². The number of hydrogen-bond acceptors (Lipinski definition) is 3. The molecule has 0 saturated carbocycles. The Labute approximate surface area is 156 Å². The van der Waals surface area contributed by atoms with Gasteiger partial charge in [0.25, 0.3) is 5.17 Å². The second kappa shape index (κ2) is 6.17. The third-order valence-corrected chi connectivity index (χ3v) is 4.39. The molecule has 132 valence electrons. The molecule has 0 N–H and O–H groups in total. The van der Waals surface area contributed by atoms with Gasteiger partial charge in [0.05, 0.1) is 11.4 Å². The predicted octanol–water partition coefficient (Wildman–Crippen LogP) is 6.04. The number of alkyl halides is 3.